The third-order valence-electron chi connectivity index (χ3n) is 4.42. The number of halogens is 1. The van der Waals surface area contributed by atoms with E-state index >= 15 is 0 Å². The van der Waals surface area contributed by atoms with Gasteiger partial charge in [-0.15, -0.1) is 0 Å². The van der Waals surface area contributed by atoms with Crippen molar-refractivity contribution in [1.29, 1.82) is 0 Å². The van der Waals surface area contributed by atoms with Gasteiger partial charge in [0.2, 0.25) is 0 Å². The van der Waals surface area contributed by atoms with Crippen LogP contribution in [0.3, 0.4) is 0 Å². The van der Waals surface area contributed by atoms with Crippen LogP contribution < -0.4 is 0 Å². The zero-order valence-electron chi connectivity index (χ0n) is 8.89. The van der Waals surface area contributed by atoms with E-state index in [0.29, 0.717) is 3.43 Å². The van der Waals surface area contributed by atoms with Gasteiger partial charge in [0.25, 0.3) is 0 Å². The molecule has 0 spiro atoms. The van der Waals surface area contributed by atoms with Gasteiger partial charge < -0.3 is 0 Å². The average molecular weight is 431 g/mol. The van der Waals surface area contributed by atoms with E-state index < -0.39 is 23.3 Å². The summed E-state index contributed by atoms with van der Waals surface area (Å²) in [5, 5.41) is 0. The Bertz CT molecular complexity index is 361. The molecule has 3 aliphatic rings. The normalized spacial score (nSPS) is 47.8. The SMILES string of the molecule is COC(=O)[C@H]1[C@@H]2C[C@H]3[C@H](OC(=O)[C@H]31)[C@H]2[Hg][Cl]. The zero-order chi connectivity index (χ0) is 11.4. The molecule has 6 atom stereocenters. The molecule has 3 rings (SSSR count). The summed E-state index contributed by atoms with van der Waals surface area (Å²) in [7, 11) is 7.51. The Morgan fingerprint density at radius 3 is 2.94 bits per heavy atom. The molecule has 84 valence electrons. The molecule has 0 aromatic carbocycles. The van der Waals surface area contributed by atoms with Crippen molar-refractivity contribution < 1.29 is 42.4 Å². The second kappa shape index (κ2) is 3.84. The minimum absolute atomic E-state index is 0.0440. The second-order valence-electron chi connectivity index (χ2n) is 4.86. The molecule has 2 bridgehead atoms. The van der Waals surface area contributed by atoms with Gasteiger partial charge in [0.15, 0.2) is 0 Å². The molecule has 6 heteroatoms. The predicted octanol–water partition coefficient (Wildman–Crippen LogP) is 0.992. The molecule has 4 nitrogen and oxygen atoms in total. The van der Waals surface area contributed by atoms with Crippen LogP contribution in [0.2, 0.25) is 3.43 Å². The molecule has 0 aromatic rings. The molecule has 1 aliphatic heterocycles. The van der Waals surface area contributed by atoms with E-state index in [-0.39, 0.29) is 41.7 Å². The summed E-state index contributed by atoms with van der Waals surface area (Å²) in [6, 6.07) is 0. The fourth-order valence-electron chi connectivity index (χ4n) is 3.85. The van der Waals surface area contributed by atoms with Crippen LogP contribution in [0, 0.1) is 23.7 Å². The predicted molar refractivity (Wildman–Crippen MR) is 50.1 cm³/mol. The van der Waals surface area contributed by atoms with E-state index in [1.165, 1.54) is 7.11 Å². The number of hydrogen-bond acceptors (Lipinski definition) is 4. The quantitative estimate of drug-likeness (QED) is 0.484. The van der Waals surface area contributed by atoms with Crippen LogP contribution in [0.25, 0.3) is 0 Å². The van der Waals surface area contributed by atoms with Crippen LogP contribution in [0.15, 0.2) is 0 Å². The molecule has 3 fully saturated rings. The van der Waals surface area contributed by atoms with E-state index in [4.69, 9.17) is 17.7 Å². The molecular formula is C10H11ClHgO4. The standard InChI is InChI=1S/C10H11O4.ClH.Hg/c1-13-9(11)7-4-2-5-6(3-4)14-10(12)8(5)7;;/h3-8H,2H2,1H3;1H;/q;;+1/p-1/t4-,5+,6-,7+,8-;;/m1../s1. The van der Waals surface area contributed by atoms with Gasteiger partial charge in [-0.05, 0) is 0 Å². The summed E-state index contributed by atoms with van der Waals surface area (Å²) in [5.41, 5.74) is 0. The van der Waals surface area contributed by atoms with Crippen molar-refractivity contribution in [1.82, 2.24) is 0 Å². The molecule has 0 unspecified atom stereocenters. The first kappa shape index (κ1) is 11.3. The summed E-state index contributed by atoms with van der Waals surface area (Å²) in [6.45, 7) is 0. The summed E-state index contributed by atoms with van der Waals surface area (Å²) in [5.74, 6) is -0.462. The summed E-state index contributed by atoms with van der Waals surface area (Å²) in [6.07, 6.45) is 0.973. The average Bonchev–Trinajstić information content (AvgIpc) is 2.87. The van der Waals surface area contributed by atoms with Crippen molar-refractivity contribution in [2.24, 2.45) is 23.7 Å². The number of methoxy groups -OCH3 is 1. The van der Waals surface area contributed by atoms with Crippen LogP contribution in [-0.2, 0) is 42.4 Å². The van der Waals surface area contributed by atoms with Crippen LogP contribution >= 0.6 is 8.25 Å². The van der Waals surface area contributed by atoms with Crippen LogP contribution in [0.1, 0.15) is 6.42 Å². The Balaban J connectivity index is 1.97. The minimum atomic E-state index is -1.51. The van der Waals surface area contributed by atoms with Crippen molar-refractivity contribution in [3.8, 4) is 0 Å². The number of rotatable bonds is 2. The Labute approximate surface area is 109 Å². The number of fused-ring (bicyclic) bond motifs is 1. The van der Waals surface area contributed by atoms with Gasteiger partial charge in [-0.3, -0.25) is 0 Å². The molecule has 1 saturated heterocycles. The van der Waals surface area contributed by atoms with Crippen molar-refractivity contribution in [3.05, 3.63) is 0 Å². The van der Waals surface area contributed by atoms with Gasteiger partial charge in [0.05, 0.1) is 0 Å². The van der Waals surface area contributed by atoms with Gasteiger partial charge in [-0.25, -0.2) is 0 Å². The Kier molecular flexibility index (Phi) is 2.70. The molecular weight excluding hydrogens is 420 g/mol. The van der Waals surface area contributed by atoms with Gasteiger partial charge in [-0.2, -0.15) is 0 Å². The molecule has 16 heavy (non-hydrogen) atoms. The third kappa shape index (κ3) is 1.26. The molecule has 2 saturated carbocycles. The van der Waals surface area contributed by atoms with Crippen LogP contribution in [0.5, 0.6) is 0 Å². The fourth-order valence-corrected chi connectivity index (χ4v) is 12.6. The maximum atomic E-state index is 11.8. The first-order chi connectivity index (χ1) is 7.69. The third-order valence-corrected chi connectivity index (χ3v) is 13.1. The van der Waals surface area contributed by atoms with E-state index in [9.17, 15) is 9.59 Å². The summed E-state index contributed by atoms with van der Waals surface area (Å²) < 4.78 is 10.6. The number of esters is 2. The number of carbonyl (C=O) groups excluding carboxylic acids is 2. The van der Waals surface area contributed by atoms with Crippen molar-refractivity contribution in [2.45, 2.75) is 16.0 Å². The first-order valence-electron chi connectivity index (χ1n) is 5.53. The topological polar surface area (TPSA) is 52.6 Å². The van der Waals surface area contributed by atoms with E-state index in [0.717, 1.165) is 6.42 Å². The molecule has 1 heterocycles. The maximum absolute atomic E-state index is 11.8. The zero-order valence-corrected chi connectivity index (χ0v) is 15.1. The second-order valence-corrected chi connectivity index (χ2v) is 12.4. The fraction of sp³-hybridized carbons (Fsp3) is 0.800. The van der Waals surface area contributed by atoms with Gasteiger partial charge >= 0.3 is 109 Å². The molecule has 0 N–H and O–H groups in total. The van der Waals surface area contributed by atoms with Gasteiger partial charge in [0, 0.05) is 0 Å². The molecule has 0 amide bonds. The molecule has 0 radical (unpaired) electrons. The summed E-state index contributed by atoms with van der Waals surface area (Å²) >= 11 is -1.51. The summed E-state index contributed by atoms with van der Waals surface area (Å²) in [4.78, 5) is 23.5. The molecule has 2 aliphatic carbocycles. The number of hydrogen-bond donors (Lipinski definition) is 0. The Morgan fingerprint density at radius 2 is 2.31 bits per heavy atom. The first-order valence-corrected chi connectivity index (χ1v) is 15.5. The van der Waals surface area contributed by atoms with Crippen LogP contribution in [0.4, 0.5) is 0 Å². The Morgan fingerprint density at radius 1 is 1.56 bits per heavy atom. The van der Waals surface area contributed by atoms with Crippen LogP contribution in [-0.4, -0.2) is 25.2 Å². The molecule has 0 aromatic heterocycles. The van der Waals surface area contributed by atoms with Gasteiger partial charge in [-0.1, -0.05) is 0 Å². The Hall–Kier alpha value is 0.165. The monoisotopic (exact) mass is 432 g/mol. The van der Waals surface area contributed by atoms with E-state index in [2.05, 4.69) is 0 Å². The van der Waals surface area contributed by atoms with Crippen molar-refractivity contribution in [2.75, 3.05) is 7.11 Å². The van der Waals surface area contributed by atoms with Gasteiger partial charge in [0.1, 0.15) is 0 Å². The number of carbonyl (C=O) groups is 2. The number of ether oxygens (including phenoxy) is 2. The van der Waals surface area contributed by atoms with Crippen molar-refractivity contribution >= 4 is 20.2 Å². The van der Waals surface area contributed by atoms with E-state index in [1.54, 1.807) is 0 Å². The van der Waals surface area contributed by atoms with E-state index in [1.807, 2.05) is 0 Å². The van der Waals surface area contributed by atoms with Crippen molar-refractivity contribution in [3.63, 3.8) is 0 Å².